The molecule has 3 nitrogen and oxygen atoms in total. The first-order chi connectivity index (χ1) is 9.33. The van der Waals surface area contributed by atoms with Crippen molar-refractivity contribution in [2.24, 2.45) is 0 Å². The maximum atomic E-state index is 11.8. The van der Waals surface area contributed by atoms with Crippen LogP contribution in [0.5, 0.6) is 0 Å². The quantitative estimate of drug-likeness (QED) is 0.775. The van der Waals surface area contributed by atoms with E-state index in [1.807, 2.05) is 30.5 Å². The Bertz CT molecular complexity index is 574. The van der Waals surface area contributed by atoms with Gasteiger partial charge >= 0.3 is 0 Å². The van der Waals surface area contributed by atoms with Gasteiger partial charge in [0.05, 0.1) is 5.52 Å². The summed E-state index contributed by atoms with van der Waals surface area (Å²) >= 11 is 0. The number of hydrogen-bond acceptors (Lipinski definition) is 2. The van der Waals surface area contributed by atoms with Crippen molar-refractivity contribution in [1.29, 1.82) is 0 Å². The molecular formula is C16H22N2O. The summed E-state index contributed by atoms with van der Waals surface area (Å²) in [6.45, 7) is 5.32. The molecule has 1 aromatic heterocycles. The average molecular weight is 258 g/mol. The SMILES string of the molecule is CCCNCCCCn1ccc(=O)c2ccccc21. The second-order valence-corrected chi connectivity index (χ2v) is 4.85. The molecule has 0 aliphatic heterocycles. The van der Waals surface area contributed by atoms with Gasteiger partial charge in [-0.05, 0) is 44.5 Å². The lowest BCUT2D eigenvalue weighted by atomic mass is 10.2. The Morgan fingerprint density at radius 3 is 2.79 bits per heavy atom. The van der Waals surface area contributed by atoms with Gasteiger partial charge in [0.2, 0.25) is 0 Å². The van der Waals surface area contributed by atoms with Gasteiger partial charge in [-0.3, -0.25) is 4.79 Å². The third-order valence-corrected chi connectivity index (χ3v) is 3.31. The number of fused-ring (bicyclic) bond motifs is 1. The molecule has 0 atom stereocenters. The van der Waals surface area contributed by atoms with Gasteiger partial charge in [-0.25, -0.2) is 0 Å². The van der Waals surface area contributed by atoms with Crippen LogP contribution >= 0.6 is 0 Å². The summed E-state index contributed by atoms with van der Waals surface area (Å²) in [6, 6.07) is 9.49. The normalized spacial score (nSPS) is 11.0. The molecule has 0 aliphatic rings. The Morgan fingerprint density at radius 2 is 1.95 bits per heavy atom. The highest BCUT2D eigenvalue weighted by Gasteiger charge is 2.01. The highest BCUT2D eigenvalue weighted by atomic mass is 16.1. The van der Waals surface area contributed by atoms with Crippen molar-refractivity contribution in [2.75, 3.05) is 13.1 Å². The Balaban J connectivity index is 1.98. The lowest BCUT2D eigenvalue weighted by molar-refractivity contribution is 0.573. The summed E-state index contributed by atoms with van der Waals surface area (Å²) in [5.41, 5.74) is 1.15. The first kappa shape index (κ1) is 13.8. The van der Waals surface area contributed by atoms with E-state index in [2.05, 4.69) is 16.8 Å². The molecule has 0 saturated carbocycles. The zero-order valence-electron chi connectivity index (χ0n) is 11.6. The molecule has 0 amide bonds. The van der Waals surface area contributed by atoms with Crippen molar-refractivity contribution in [3.8, 4) is 0 Å². The highest BCUT2D eigenvalue weighted by molar-refractivity contribution is 5.78. The van der Waals surface area contributed by atoms with Gasteiger partial charge in [-0.1, -0.05) is 19.1 Å². The Morgan fingerprint density at radius 1 is 1.11 bits per heavy atom. The summed E-state index contributed by atoms with van der Waals surface area (Å²) in [7, 11) is 0. The van der Waals surface area contributed by atoms with Crippen LogP contribution in [0.25, 0.3) is 10.9 Å². The van der Waals surface area contributed by atoms with E-state index in [4.69, 9.17) is 0 Å². The third kappa shape index (κ3) is 3.67. The predicted octanol–water partition coefficient (Wildman–Crippen LogP) is 2.78. The summed E-state index contributed by atoms with van der Waals surface area (Å²) < 4.78 is 2.18. The number of nitrogens with zero attached hydrogens (tertiary/aromatic N) is 1. The fourth-order valence-electron chi connectivity index (χ4n) is 2.29. The molecule has 1 N–H and O–H groups in total. The number of aryl methyl sites for hydroxylation is 1. The summed E-state index contributed by atoms with van der Waals surface area (Å²) in [6.07, 6.45) is 5.39. The minimum absolute atomic E-state index is 0.108. The lowest BCUT2D eigenvalue weighted by Crippen LogP contribution is -2.16. The number of aromatic nitrogens is 1. The van der Waals surface area contributed by atoms with E-state index in [0.717, 1.165) is 37.0 Å². The highest BCUT2D eigenvalue weighted by Crippen LogP contribution is 2.10. The molecule has 0 spiro atoms. The monoisotopic (exact) mass is 258 g/mol. The van der Waals surface area contributed by atoms with Crippen molar-refractivity contribution < 1.29 is 0 Å². The predicted molar refractivity (Wildman–Crippen MR) is 80.6 cm³/mol. The minimum atomic E-state index is 0.108. The van der Waals surface area contributed by atoms with E-state index in [1.54, 1.807) is 6.07 Å². The molecule has 2 rings (SSSR count). The maximum Gasteiger partial charge on any atom is 0.189 e. The number of unbranched alkanes of at least 4 members (excludes halogenated alkanes) is 1. The molecule has 0 unspecified atom stereocenters. The Hall–Kier alpha value is -1.61. The number of benzene rings is 1. The largest absolute Gasteiger partial charge is 0.347 e. The van der Waals surface area contributed by atoms with Gasteiger partial charge in [-0.2, -0.15) is 0 Å². The molecule has 0 saturated heterocycles. The molecule has 0 aliphatic carbocycles. The summed E-state index contributed by atoms with van der Waals surface area (Å²) in [5, 5.41) is 4.22. The third-order valence-electron chi connectivity index (χ3n) is 3.31. The fraction of sp³-hybridized carbons (Fsp3) is 0.438. The van der Waals surface area contributed by atoms with Crippen LogP contribution < -0.4 is 10.7 Å². The molecule has 1 aromatic carbocycles. The number of nitrogens with one attached hydrogen (secondary N) is 1. The van der Waals surface area contributed by atoms with Gasteiger partial charge in [-0.15, -0.1) is 0 Å². The maximum absolute atomic E-state index is 11.8. The zero-order chi connectivity index (χ0) is 13.5. The van der Waals surface area contributed by atoms with Gasteiger partial charge in [0.25, 0.3) is 0 Å². The van der Waals surface area contributed by atoms with Crippen molar-refractivity contribution in [3.05, 3.63) is 46.8 Å². The van der Waals surface area contributed by atoms with Crippen molar-refractivity contribution in [3.63, 3.8) is 0 Å². The molecule has 102 valence electrons. The number of para-hydroxylation sites is 1. The minimum Gasteiger partial charge on any atom is -0.347 e. The van der Waals surface area contributed by atoms with E-state index in [1.165, 1.54) is 12.8 Å². The smallest absolute Gasteiger partial charge is 0.189 e. The number of hydrogen-bond donors (Lipinski definition) is 1. The van der Waals surface area contributed by atoms with E-state index >= 15 is 0 Å². The lowest BCUT2D eigenvalue weighted by Gasteiger charge is -2.10. The van der Waals surface area contributed by atoms with Crippen molar-refractivity contribution in [2.45, 2.75) is 32.7 Å². The summed E-state index contributed by atoms with van der Waals surface area (Å²) in [5.74, 6) is 0. The van der Waals surface area contributed by atoms with Crippen LogP contribution in [0.15, 0.2) is 41.3 Å². The second-order valence-electron chi connectivity index (χ2n) is 4.85. The van der Waals surface area contributed by atoms with E-state index in [0.29, 0.717) is 0 Å². The first-order valence-electron chi connectivity index (χ1n) is 7.12. The topological polar surface area (TPSA) is 34.0 Å². The Labute approximate surface area is 114 Å². The van der Waals surface area contributed by atoms with Crippen LogP contribution in [0.4, 0.5) is 0 Å². The van der Waals surface area contributed by atoms with Crippen LogP contribution in [0.3, 0.4) is 0 Å². The van der Waals surface area contributed by atoms with Crippen LogP contribution in [0.1, 0.15) is 26.2 Å². The molecule has 1 heterocycles. The second kappa shape index (κ2) is 7.10. The molecular weight excluding hydrogens is 236 g/mol. The molecule has 0 fully saturated rings. The standard InChI is InChI=1S/C16H22N2O/c1-2-10-17-11-5-6-12-18-13-9-16(19)14-7-3-4-8-15(14)18/h3-4,7-9,13,17H,2,5-6,10-12H2,1H3. The van der Waals surface area contributed by atoms with Crippen molar-refractivity contribution in [1.82, 2.24) is 9.88 Å². The van der Waals surface area contributed by atoms with Crippen LogP contribution in [0.2, 0.25) is 0 Å². The van der Waals surface area contributed by atoms with Gasteiger partial charge in [0.15, 0.2) is 5.43 Å². The molecule has 3 heteroatoms. The molecule has 2 aromatic rings. The average Bonchev–Trinajstić information content (AvgIpc) is 2.45. The Kier molecular flexibility index (Phi) is 5.16. The van der Waals surface area contributed by atoms with Gasteiger partial charge < -0.3 is 9.88 Å². The summed E-state index contributed by atoms with van der Waals surface area (Å²) in [4.78, 5) is 11.8. The van der Waals surface area contributed by atoms with Crippen LogP contribution in [-0.4, -0.2) is 17.7 Å². The first-order valence-corrected chi connectivity index (χ1v) is 7.12. The van der Waals surface area contributed by atoms with Gasteiger partial charge in [0, 0.05) is 24.2 Å². The zero-order valence-corrected chi connectivity index (χ0v) is 11.6. The number of pyridine rings is 1. The van der Waals surface area contributed by atoms with E-state index in [-0.39, 0.29) is 5.43 Å². The number of rotatable bonds is 7. The molecule has 19 heavy (non-hydrogen) atoms. The molecule has 0 radical (unpaired) electrons. The molecule has 0 bridgehead atoms. The van der Waals surface area contributed by atoms with Crippen LogP contribution in [-0.2, 0) is 6.54 Å². The van der Waals surface area contributed by atoms with Crippen LogP contribution in [0, 0.1) is 0 Å². The van der Waals surface area contributed by atoms with E-state index < -0.39 is 0 Å². The fourth-order valence-corrected chi connectivity index (χ4v) is 2.29. The van der Waals surface area contributed by atoms with Crippen molar-refractivity contribution >= 4 is 10.9 Å². The van der Waals surface area contributed by atoms with Gasteiger partial charge in [0.1, 0.15) is 0 Å². The van der Waals surface area contributed by atoms with E-state index in [9.17, 15) is 4.79 Å².